The number of fused-ring (bicyclic) bond motifs is 2. The fourth-order valence-electron chi connectivity index (χ4n) is 3.33. The van der Waals surface area contributed by atoms with Gasteiger partial charge >= 0.3 is 0 Å². The standard InChI is InChI=1S/C14H16BrClN2S/c15-11-4-3-10(7-12(11)16)17-14(19)18-13-6-8-1-2-9(13)5-8/h3-4,7-9,13H,1-2,5-6H2,(H2,17,18,19)/t8-,9-,13-/m0/s1. The topological polar surface area (TPSA) is 24.1 Å². The summed E-state index contributed by atoms with van der Waals surface area (Å²) in [6.45, 7) is 0. The molecule has 0 saturated heterocycles. The number of rotatable bonds is 2. The van der Waals surface area contributed by atoms with Gasteiger partial charge in [-0.3, -0.25) is 0 Å². The van der Waals surface area contributed by atoms with Crippen LogP contribution in [0.1, 0.15) is 25.7 Å². The molecule has 1 aromatic rings. The highest BCUT2D eigenvalue weighted by Gasteiger charge is 2.39. The molecule has 2 fully saturated rings. The van der Waals surface area contributed by atoms with E-state index >= 15 is 0 Å². The van der Waals surface area contributed by atoms with E-state index in [1.807, 2.05) is 18.2 Å². The number of hydrogen-bond acceptors (Lipinski definition) is 1. The molecule has 0 aliphatic heterocycles. The zero-order chi connectivity index (χ0) is 13.4. The lowest BCUT2D eigenvalue weighted by molar-refractivity contribution is 0.392. The van der Waals surface area contributed by atoms with Crippen LogP contribution < -0.4 is 10.6 Å². The molecule has 2 aliphatic rings. The van der Waals surface area contributed by atoms with Gasteiger partial charge in [0, 0.05) is 16.2 Å². The molecular formula is C14H16BrClN2S. The Morgan fingerprint density at radius 2 is 2.16 bits per heavy atom. The van der Waals surface area contributed by atoms with Gasteiger partial charge in [0.15, 0.2) is 5.11 Å². The summed E-state index contributed by atoms with van der Waals surface area (Å²) in [5, 5.41) is 8.06. The zero-order valence-corrected chi connectivity index (χ0v) is 13.6. The van der Waals surface area contributed by atoms with Crippen LogP contribution in [-0.2, 0) is 0 Å². The van der Waals surface area contributed by atoms with E-state index in [0.29, 0.717) is 16.2 Å². The normalized spacial score (nSPS) is 28.4. The van der Waals surface area contributed by atoms with Crippen molar-refractivity contribution in [1.82, 2.24) is 5.32 Å². The quantitative estimate of drug-likeness (QED) is 0.756. The van der Waals surface area contributed by atoms with E-state index in [1.54, 1.807) is 0 Å². The Kier molecular flexibility index (Phi) is 4.01. The molecule has 3 rings (SSSR count). The Morgan fingerprint density at radius 3 is 2.79 bits per heavy atom. The molecule has 2 saturated carbocycles. The van der Waals surface area contributed by atoms with Crippen molar-refractivity contribution in [2.75, 3.05) is 5.32 Å². The molecule has 0 radical (unpaired) electrons. The first kappa shape index (κ1) is 13.7. The minimum Gasteiger partial charge on any atom is -0.359 e. The number of anilines is 1. The molecule has 0 amide bonds. The number of halogens is 2. The Morgan fingerprint density at radius 1 is 1.32 bits per heavy atom. The van der Waals surface area contributed by atoms with Crippen molar-refractivity contribution in [3.63, 3.8) is 0 Å². The first-order chi connectivity index (χ1) is 9.11. The largest absolute Gasteiger partial charge is 0.359 e. The number of nitrogens with one attached hydrogen (secondary N) is 2. The molecule has 0 spiro atoms. The third-order valence-electron chi connectivity index (χ3n) is 4.23. The highest BCUT2D eigenvalue weighted by atomic mass is 79.9. The fraction of sp³-hybridized carbons (Fsp3) is 0.500. The van der Waals surface area contributed by atoms with E-state index in [0.717, 1.165) is 22.0 Å². The maximum atomic E-state index is 6.07. The van der Waals surface area contributed by atoms with Crippen LogP contribution in [-0.4, -0.2) is 11.2 Å². The summed E-state index contributed by atoms with van der Waals surface area (Å²) in [5.74, 6) is 1.74. The lowest BCUT2D eigenvalue weighted by Gasteiger charge is -2.24. The predicted molar refractivity (Wildman–Crippen MR) is 87.7 cm³/mol. The molecule has 1 aromatic carbocycles. The molecule has 19 heavy (non-hydrogen) atoms. The monoisotopic (exact) mass is 358 g/mol. The summed E-state index contributed by atoms with van der Waals surface area (Å²) in [5.41, 5.74) is 0.925. The van der Waals surface area contributed by atoms with Crippen LogP contribution in [0.2, 0.25) is 5.02 Å². The zero-order valence-electron chi connectivity index (χ0n) is 10.5. The second-order valence-electron chi connectivity index (χ2n) is 5.51. The van der Waals surface area contributed by atoms with E-state index < -0.39 is 0 Å². The SMILES string of the molecule is S=C(Nc1ccc(Br)c(Cl)c1)N[C@H]1C[C@H]2CC[C@H]1C2. The smallest absolute Gasteiger partial charge is 0.171 e. The highest BCUT2D eigenvalue weighted by molar-refractivity contribution is 9.10. The number of hydrogen-bond donors (Lipinski definition) is 2. The molecule has 2 nitrogen and oxygen atoms in total. The van der Waals surface area contributed by atoms with Crippen molar-refractivity contribution in [3.8, 4) is 0 Å². The summed E-state index contributed by atoms with van der Waals surface area (Å²) >= 11 is 14.8. The van der Waals surface area contributed by atoms with Crippen molar-refractivity contribution in [3.05, 3.63) is 27.7 Å². The summed E-state index contributed by atoms with van der Waals surface area (Å²) in [6.07, 6.45) is 5.42. The van der Waals surface area contributed by atoms with Gasteiger partial charge in [-0.25, -0.2) is 0 Å². The van der Waals surface area contributed by atoms with Gasteiger partial charge < -0.3 is 10.6 Å². The van der Waals surface area contributed by atoms with E-state index in [-0.39, 0.29) is 0 Å². The fourth-order valence-corrected chi connectivity index (χ4v) is 4.03. The van der Waals surface area contributed by atoms with E-state index in [9.17, 15) is 0 Å². The lowest BCUT2D eigenvalue weighted by atomic mass is 9.96. The van der Waals surface area contributed by atoms with Gasteiger partial charge in [0.1, 0.15) is 0 Å². The van der Waals surface area contributed by atoms with Gasteiger partial charge in [-0.05, 0) is 77.4 Å². The second-order valence-corrected chi connectivity index (χ2v) is 7.18. The summed E-state index contributed by atoms with van der Waals surface area (Å²) in [6, 6.07) is 6.32. The average Bonchev–Trinajstić information content (AvgIpc) is 2.96. The minimum atomic E-state index is 0.560. The van der Waals surface area contributed by atoms with Crippen molar-refractivity contribution in [1.29, 1.82) is 0 Å². The Bertz CT molecular complexity index is 508. The Hall–Kier alpha value is -0.320. The molecule has 2 bridgehead atoms. The van der Waals surface area contributed by atoms with E-state index in [1.165, 1.54) is 25.7 Å². The van der Waals surface area contributed by atoms with E-state index in [2.05, 4.69) is 26.6 Å². The molecule has 5 heteroatoms. The van der Waals surface area contributed by atoms with Crippen molar-refractivity contribution >= 4 is 50.5 Å². The van der Waals surface area contributed by atoms with Gasteiger partial charge in [0.05, 0.1) is 5.02 Å². The number of benzene rings is 1. The second kappa shape index (κ2) is 5.58. The first-order valence-electron chi connectivity index (χ1n) is 6.64. The van der Waals surface area contributed by atoms with Crippen LogP contribution >= 0.6 is 39.7 Å². The maximum Gasteiger partial charge on any atom is 0.171 e. The van der Waals surface area contributed by atoms with Gasteiger partial charge in [0.25, 0.3) is 0 Å². The Labute approximate surface area is 132 Å². The molecular weight excluding hydrogens is 344 g/mol. The van der Waals surface area contributed by atoms with Gasteiger partial charge in [-0.1, -0.05) is 18.0 Å². The summed E-state index contributed by atoms with van der Waals surface area (Å²) in [4.78, 5) is 0. The molecule has 0 heterocycles. The van der Waals surface area contributed by atoms with Gasteiger partial charge in [-0.2, -0.15) is 0 Å². The summed E-state index contributed by atoms with van der Waals surface area (Å²) in [7, 11) is 0. The van der Waals surface area contributed by atoms with Gasteiger partial charge in [-0.15, -0.1) is 0 Å². The first-order valence-corrected chi connectivity index (χ1v) is 8.22. The highest BCUT2D eigenvalue weighted by Crippen LogP contribution is 2.44. The van der Waals surface area contributed by atoms with Crippen LogP contribution in [0.5, 0.6) is 0 Å². The van der Waals surface area contributed by atoms with E-state index in [4.69, 9.17) is 23.8 Å². The third kappa shape index (κ3) is 3.06. The molecule has 3 atom stereocenters. The number of thiocarbonyl (C=S) groups is 1. The third-order valence-corrected chi connectivity index (χ3v) is 5.68. The minimum absolute atomic E-state index is 0.560. The van der Waals surface area contributed by atoms with Gasteiger partial charge in [0.2, 0.25) is 0 Å². The van der Waals surface area contributed by atoms with Crippen molar-refractivity contribution < 1.29 is 0 Å². The molecule has 0 aromatic heterocycles. The molecule has 2 N–H and O–H groups in total. The molecule has 102 valence electrons. The van der Waals surface area contributed by atoms with Crippen molar-refractivity contribution in [2.45, 2.75) is 31.7 Å². The van der Waals surface area contributed by atoms with Crippen LogP contribution in [0.15, 0.2) is 22.7 Å². The summed E-state index contributed by atoms with van der Waals surface area (Å²) < 4.78 is 0.895. The lowest BCUT2D eigenvalue weighted by Crippen LogP contribution is -2.40. The maximum absolute atomic E-state index is 6.07. The van der Waals surface area contributed by atoms with Crippen LogP contribution in [0.3, 0.4) is 0 Å². The molecule has 0 unspecified atom stereocenters. The average molecular weight is 360 g/mol. The molecule has 2 aliphatic carbocycles. The predicted octanol–water partition coefficient (Wildman–Crippen LogP) is 4.58. The van der Waals surface area contributed by atoms with Crippen LogP contribution in [0.25, 0.3) is 0 Å². The van der Waals surface area contributed by atoms with Crippen molar-refractivity contribution in [2.24, 2.45) is 11.8 Å². The Balaban J connectivity index is 1.57. The van der Waals surface area contributed by atoms with Crippen LogP contribution in [0, 0.1) is 11.8 Å². The van der Waals surface area contributed by atoms with Crippen LogP contribution in [0.4, 0.5) is 5.69 Å².